The Morgan fingerprint density at radius 2 is 2.05 bits per heavy atom. The van der Waals surface area contributed by atoms with Crippen LogP contribution in [0.3, 0.4) is 0 Å². The van der Waals surface area contributed by atoms with Crippen molar-refractivity contribution in [3.63, 3.8) is 0 Å². The van der Waals surface area contributed by atoms with E-state index < -0.39 is 0 Å². The lowest BCUT2D eigenvalue weighted by molar-refractivity contribution is -0.107. The number of aliphatic hydroxyl groups excluding tert-OH is 1. The van der Waals surface area contributed by atoms with E-state index in [1.807, 2.05) is 0 Å². The van der Waals surface area contributed by atoms with E-state index in [9.17, 15) is 5.11 Å². The van der Waals surface area contributed by atoms with Crippen LogP contribution in [0.1, 0.15) is 53.4 Å². The van der Waals surface area contributed by atoms with Gasteiger partial charge in [-0.1, -0.05) is 20.8 Å². The Morgan fingerprint density at radius 1 is 1.32 bits per heavy atom. The van der Waals surface area contributed by atoms with Gasteiger partial charge in [-0.2, -0.15) is 0 Å². The van der Waals surface area contributed by atoms with Crippen molar-refractivity contribution in [1.82, 2.24) is 4.90 Å². The average Bonchev–Trinajstić information content (AvgIpc) is 2.39. The van der Waals surface area contributed by atoms with Gasteiger partial charge in [-0.15, -0.1) is 0 Å². The molecule has 19 heavy (non-hydrogen) atoms. The standard InChI is InChI=1S/C16H31NO2/c1-5-14-10-19-12(4)9-17(14)15-8-13(11(2)3)6-7-16(15)18/h11-16,18H,5-10H2,1-4H3. The van der Waals surface area contributed by atoms with Crippen LogP contribution in [0.2, 0.25) is 0 Å². The first-order valence-corrected chi connectivity index (χ1v) is 8.08. The highest BCUT2D eigenvalue weighted by Crippen LogP contribution is 2.34. The van der Waals surface area contributed by atoms with Gasteiger partial charge in [0.05, 0.1) is 18.8 Å². The van der Waals surface area contributed by atoms with Crippen LogP contribution in [0.5, 0.6) is 0 Å². The molecule has 5 atom stereocenters. The summed E-state index contributed by atoms with van der Waals surface area (Å²) in [6, 6.07) is 0.833. The zero-order chi connectivity index (χ0) is 14.0. The Hall–Kier alpha value is -0.120. The number of hydrogen-bond acceptors (Lipinski definition) is 3. The van der Waals surface area contributed by atoms with Gasteiger partial charge < -0.3 is 9.84 Å². The number of rotatable bonds is 3. The second-order valence-corrected chi connectivity index (χ2v) is 6.85. The quantitative estimate of drug-likeness (QED) is 0.855. The Bertz CT molecular complexity index is 282. The van der Waals surface area contributed by atoms with Gasteiger partial charge in [0.1, 0.15) is 0 Å². The van der Waals surface area contributed by atoms with Gasteiger partial charge in [-0.3, -0.25) is 4.90 Å². The first kappa shape index (κ1) is 15.3. The number of morpholine rings is 1. The predicted molar refractivity (Wildman–Crippen MR) is 78.2 cm³/mol. The molecule has 3 nitrogen and oxygen atoms in total. The smallest absolute Gasteiger partial charge is 0.0695 e. The minimum absolute atomic E-state index is 0.144. The maximum atomic E-state index is 10.4. The first-order valence-electron chi connectivity index (χ1n) is 8.08. The third-order valence-corrected chi connectivity index (χ3v) is 5.17. The molecule has 2 fully saturated rings. The molecule has 112 valence electrons. The van der Waals surface area contributed by atoms with Crippen molar-refractivity contribution in [2.45, 2.75) is 77.7 Å². The number of hydrogen-bond donors (Lipinski definition) is 1. The summed E-state index contributed by atoms with van der Waals surface area (Å²) in [5.41, 5.74) is 0. The molecule has 1 aliphatic carbocycles. The predicted octanol–water partition coefficient (Wildman–Crippen LogP) is 2.67. The summed E-state index contributed by atoms with van der Waals surface area (Å²) in [4.78, 5) is 2.55. The molecule has 0 aromatic carbocycles. The second kappa shape index (κ2) is 6.55. The van der Waals surface area contributed by atoms with Crippen molar-refractivity contribution < 1.29 is 9.84 Å². The number of ether oxygens (including phenoxy) is 1. The van der Waals surface area contributed by atoms with Crippen molar-refractivity contribution in [1.29, 1.82) is 0 Å². The average molecular weight is 269 g/mol. The fourth-order valence-corrected chi connectivity index (χ4v) is 3.75. The summed E-state index contributed by atoms with van der Waals surface area (Å²) in [5, 5.41) is 10.4. The van der Waals surface area contributed by atoms with Crippen molar-refractivity contribution >= 4 is 0 Å². The Balaban J connectivity index is 2.07. The molecule has 2 aliphatic rings. The molecule has 1 saturated heterocycles. The van der Waals surface area contributed by atoms with E-state index in [4.69, 9.17) is 4.74 Å². The first-order chi connectivity index (χ1) is 9.02. The van der Waals surface area contributed by atoms with Crippen LogP contribution >= 0.6 is 0 Å². The van der Waals surface area contributed by atoms with Crippen LogP contribution < -0.4 is 0 Å². The Kier molecular flexibility index (Phi) is 5.27. The summed E-state index contributed by atoms with van der Waals surface area (Å²) in [7, 11) is 0. The molecule has 0 aromatic rings. The van der Waals surface area contributed by atoms with Gasteiger partial charge in [0.25, 0.3) is 0 Å². The van der Waals surface area contributed by atoms with E-state index in [1.54, 1.807) is 0 Å². The van der Waals surface area contributed by atoms with Crippen LogP contribution in [-0.2, 0) is 4.74 Å². The van der Waals surface area contributed by atoms with Crippen LogP contribution in [-0.4, -0.2) is 47.4 Å². The Morgan fingerprint density at radius 3 is 2.68 bits per heavy atom. The summed E-state index contributed by atoms with van der Waals surface area (Å²) in [5.74, 6) is 1.50. The molecule has 0 amide bonds. The Labute approximate surface area is 118 Å². The highest BCUT2D eigenvalue weighted by atomic mass is 16.5. The van der Waals surface area contributed by atoms with E-state index in [2.05, 4.69) is 32.6 Å². The maximum absolute atomic E-state index is 10.4. The number of nitrogens with zero attached hydrogens (tertiary/aromatic N) is 1. The van der Waals surface area contributed by atoms with Crippen molar-refractivity contribution in [2.75, 3.05) is 13.2 Å². The zero-order valence-electron chi connectivity index (χ0n) is 13.0. The third kappa shape index (κ3) is 3.50. The van der Waals surface area contributed by atoms with Crippen LogP contribution in [0, 0.1) is 11.8 Å². The lowest BCUT2D eigenvalue weighted by atomic mass is 9.77. The van der Waals surface area contributed by atoms with Crippen LogP contribution in [0.25, 0.3) is 0 Å². The highest BCUT2D eigenvalue weighted by molar-refractivity contribution is 4.92. The van der Waals surface area contributed by atoms with Gasteiger partial charge in [0, 0.05) is 18.6 Å². The van der Waals surface area contributed by atoms with E-state index in [0.29, 0.717) is 18.2 Å². The molecule has 0 spiro atoms. The van der Waals surface area contributed by atoms with Crippen molar-refractivity contribution in [3.8, 4) is 0 Å². The minimum Gasteiger partial charge on any atom is -0.391 e. The van der Waals surface area contributed by atoms with Gasteiger partial charge in [-0.05, 0) is 44.4 Å². The van der Waals surface area contributed by atoms with E-state index in [0.717, 1.165) is 44.2 Å². The minimum atomic E-state index is -0.144. The molecule has 1 heterocycles. The molecular formula is C16H31NO2. The molecule has 0 radical (unpaired) electrons. The molecule has 1 aliphatic heterocycles. The molecule has 1 saturated carbocycles. The monoisotopic (exact) mass is 269 g/mol. The SMILES string of the molecule is CCC1COC(C)CN1C1CC(C(C)C)CCC1O. The van der Waals surface area contributed by atoms with Crippen molar-refractivity contribution in [2.24, 2.45) is 11.8 Å². The fraction of sp³-hybridized carbons (Fsp3) is 1.00. The van der Waals surface area contributed by atoms with Crippen molar-refractivity contribution in [3.05, 3.63) is 0 Å². The maximum Gasteiger partial charge on any atom is 0.0695 e. The van der Waals surface area contributed by atoms with E-state index in [1.165, 1.54) is 6.42 Å². The number of aliphatic hydroxyl groups is 1. The molecule has 0 aromatic heterocycles. The summed E-state index contributed by atoms with van der Waals surface area (Å²) in [6.45, 7) is 10.8. The summed E-state index contributed by atoms with van der Waals surface area (Å²) in [6.07, 6.45) is 4.58. The largest absolute Gasteiger partial charge is 0.391 e. The van der Waals surface area contributed by atoms with Gasteiger partial charge in [0.15, 0.2) is 0 Å². The normalized spacial score (nSPS) is 41.7. The molecule has 2 rings (SSSR count). The molecular weight excluding hydrogens is 238 g/mol. The van der Waals surface area contributed by atoms with Gasteiger partial charge >= 0.3 is 0 Å². The fourth-order valence-electron chi connectivity index (χ4n) is 3.75. The topological polar surface area (TPSA) is 32.7 Å². The third-order valence-electron chi connectivity index (χ3n) is 5.17. The van der Waals surface area contributed by atoms with E-state index >= 15 is 0 Å². The second-order valence-electron chi connectivity index (χ2n) is 6.85. The summed E-state index contributed by atoms with van der Waals surface area (Å²) >= 11 is 0. The molecule has 5 unspecified atom stereocenters. The molecule has 1 N–H and O–H groups in total. The lowest BCUT2D eigenvalue weighted by Crippen LogP contribution is -2.58. The molecule has 3 heteroatoms. The van der Waals surface area contributed by atoms with E-state index in [-0.39, 0.29) is 6.10 Å². The van der Waals surface area contributed by atoms with Gasteiger partial charge in [0.2, 0.25) is 0 Å². The summed E-state index contributed by atoms with van der Waals surface area (Å²) < 4.78 is 5.79. The lowest BCUT2D eigenvalue weighted by Gasteiger charge is -2.48. The molecule has 0 bridgehead atoms. The highest BCUT2D eigenvalue weighted by Gasteiger charge is 2.39. The van der Waals surface area contributed by atoms with Gasteiger partial charge in [-0.25, -0.2) is 0 Å². The van der Waals surface area contributed by atoms with Crippen LogP contribution in [0.4, 0.5) is 0 Å². The zero-order valence-corrected chi connectivity index (χ0v) is 13.0. The van der Waals surface area contributed by atoms with Crippen LogP contribution in [0.15, 0.2) is 0 Å².